The molecule has 1 aliphatic heterocycles. The van der Waals surface area contributed by atoms with Gasteiger partial charge in [0.05, 0.1) is 12.3 Å². The standard InChI is InChI=1S/C25H20BrClN2O4/c1-2-32-22-13-17(20(26)14-23(22)33-15-16-6-4-3-5-7-16)12-21-24(30)29(25(31)28-21)19-10-8-18(27)9-11-19/h3-14H,2,15H2,1H3,(H,28,31)/b21-12+. The Morgan fingerprint density at radius 2 is 1.70 bits per heavy atom. The number of nitrogens with zero attached hydrogens (tertiary/aromatic N) is 1. The minimum atomic E-state index is -0.530. The summed E-state index contributed by atoms with van der Waals surface area (Å²) in [7, 11) is 0. The number of amides is 3. The molecule has 1 saturated heterocycles. The van der Waals surface area contributed by atoms with Gasteiger partial charge in [-0.1, -0.05) is 57.9 Å². The van der Waals surface area contributed by atoms with Crippen LogP contribution in [0.3, 0.4) is 0 Å². The van der Waals surface area contributed by atoms with E-state index in [1.165, 1.54) is 0 Å². The summed E-state index contributed by atoms with van der Waals surface area (Å²) in [4.78, 5) is 26.5. The van der Waals surface area contributed by atoms with Crippen LogP contribution >= 0.6 is 27.5 Å². The molecular formula is C25H20BrClN2O4. The number of benzene rings is 3. The quantitative estimate of drug-likeness (QED) is 0.294. The monoisotopic (exact) mass is 526 g/mol. The summed E-state index contributed by atoms with van der Waals surface area (Å²) in [6.07, 6.45) is 1.60. The Bertz CT molecular complexity index is 1210. The lowest BCUT2D eigenvalue weighted by atomic mass is 10.1. The second-order valence-corrected chi connectivity index (χ2v) is 8.42. The molecule has 0 radical (unpaired) electrons. The molecule has 3 aromatic carbocycles. The van der Waals surface area contributed by atoms with E-state index in [4.69, 9.17) is 21.1 Å². The van der Waals surface area contributed by atoms with Gasteiger partial charge in [0.15, 0.2) is 11.5 Å². The molecule has 1 N–H and O–H groups in total. The van der Waals surface area contributed by atoms with E-state index in [0.29, 0.717) is 45.5 Å². The van der Waals surface area contributed by atoms with Crippen LogP contribution in [-0.4, -0.2) is 18.5 Å². The molecule has 1 heterocycles. The second-order valence-electron chi connectivity index (χ2n) is 7.13. The Labute approximate surface area is 204 Å². The van der Waals surface area contributed by atoms with Crippen LogP contribution in [0.25, 0.3) is 6.08 Å². The van der Waals surface area contributed by atoms with Crippen molar-refractivity contribution in [3.63, 3.8) is 0 Å². The van der Waals surface area contributed by atoms with Crippen LogP contribution in [0.15, 0.2) is 76.9 Å². The fraction of sp³-hybridized carbons (Fsp3) is 0.120. The van der Waals surface area contributed by atoms with Gasteiger partial charge in [-0.2, -0.15) is 0 Å². The Morgan fingerprint density at radius 1 is 1.00 bits per heavy atom. The van der Waals surface area contributed by atoms with E-state index < -0.39 is 11.9 Å². The molecule has 0 atom stereocenters. The topological polar surface area (TPSA) is 67.9 Å². The molecule has 0 saturated carbocycles. The summed E-state index contributed by atoms with van der Waals surface area (Å²) in [6, 6.07) is 19.3. The summed E-state index contributed by atoms with van der Waals surface area (Å²) in [5.74, 6) is 0.644. The number of carbonyl (C=O) groups is 2. The SMILES string of the molecule is CCOc1cc(/C=C2/NC(=O)N(c3ccc(Cl)cc3)C2=O)c(Br)cc1OCc1ccccc1. The van der Waals surface area contributed by atoms with Crippen molar-refractivity contribution >= 4 is 51.2 Å². The van der Waals surface area contributed by atoms with Gasteiger partial charge in [0.25, 0.3) is 5.91 Å². The molecule has 0 bridgehead atoms. The Hall–Kier alpha value is -3.29. The molecule has 1 aliphatic rings. The Morgan fingerprint density at radius 3 is 2.39 bits per heavy atom. The van der Waals surface area contributed by atoms with E-state index in [2.05, 4.69) is 21.2 Å². The van der Waals surface area contributed by atoms with Crippen molar-refractivity contribution in [2.75, 3.05) is 11.5 Å². The highest BCUT2D eigenvalue weighted by atomic mass is 79.9. The lowest BCUT2D eigenvalue weighted by Crippen LogP contribution is -2.30. The molecule has 8 heteroatoms. The number of anilines is 1. The van der Waals surface area contributed by atoms with E-state index in [0.717, 1.165) is 10.5 Å². The van der Waals surface area contributed by atoms with Crippen LogP contribution in [0, 0.1) is 0 Å². The van der Waals surface area contributed by atoms with Crippen LogP contribution < -0.4 is 19.7 Å². The summed E-state index contributed by atoms with van der Waals surface area (Å²) in [6.45, 7) is 2.71. The smallest absolute Gasteiger partial charge is 0.333 e. The molecule has 33 heavy (non-hydrogen) atoms. The Balaban J connectivity index is 1.60. The fourth-order valence-corrected chi connectivity index (χ4v) is 3.86. The number of hydrogen-bond acceptors (Lipinski definition) is 4. The van der Waals surface area contributed by atoms with Crippen molar-refractivity contribution in [3.05, 3.63) is 93.0 Å². The highest BCUT2D eigenvalue weighted by Gasteiger charge is 2.35. The number of halogens is 2. The van der Waals surface area contributed by atoms with E-state index in [1.54, 1.807) is 42.5 Å². The van der Waals surface area contributed by atoms with Crippen LogP contribution in [0.2, 0.25) is 5.02 Å². The number of carbonyl (C=O) groups excluding carboxylic acids is 2. The normalized spacial score (nSPS) is 14.5. The van der Waals surface area contributed by atoms with Crippen molar-refractivity contribution in [2.24, 2.45) is 0 Å². The van der Waals surface area contributed by atoms with Crippen molar-refractivity contribution in [1.82, 2.24) is 5.32 Å². The molecule has 0 aromatic heterocycles. The van der Waals surface area contributed by atoms with E-state index >= 15 is 0 Å². The minimum Gasteiger partial charge on any atom is -0.490 e. The largest absolute Gasteiger partial charge is 0.490 e. The molecule has 4 rings (SSSR count). The van der Waals surface area contributed by atoms with Gasteiger partial charge in [0.1, 0.15) is 12.3 Å². The fourth-order valence-electron chi connectivity index (χ4n) is 3.29. The van der Waals surface area contributed by atoms with Crippen LogP contribution in [0.4, 0.5) is 10.5 Å². The maximum Gasteiger partial charge on any atom is 0.333 e. The molecular weight excluding hydrogens is 508 g/mol. The van der Waals surface area contributed by atoms with Gasteiger partial charge in [-0.3, -0.25) is 4.79 Å². The van der Waals surface area contributed by atoms with Gasteiger partial charge >= 0.3 is 6.03 Å². The van der Waals surface area contributed by atoms with Crippen LogP contribution in [0.1, 0.15) is 18.1 Å². The molecule has 1 fully saturated rings. The molecule has 168 valence electrons. The third kappa shape index (κ3) is 5.21. The number of nitrogens with one attached hydrogen (secondary N) is 1. The summed E-state index contributed by atoms with van der Waals surface area (Å²) < 4.78 is 12.4. The average Bonchev–Trinajstić information content (AvgIpc) is 3.09. The number of rotatable bonds is 7. The van der Waals surface area contributed by atoms with Gasteiger partial charge in [0.2, 0.25) is 0 Å². The highest BCUT2D eigenvalue weighted by Crippen LogP contribution is 2.36. The second kappa shape index (κ2) is 10.1. The summed E-state index contributed by atoms with van der Waals surface area (Å²) in [5, 5.41) is 3.15. The van der Waals surface area contributed by atoms with Crippen molar-refractivity contribution < 1.29 is 19.1 Å². The third-order valence-electron chi connectivity index (χ3n) is 4.86. The average molecular weight is 528 g/mol. The number of imide groups is 1. The molecule has 6 nitrogen and oxygen atoms in total. The van der Waals surface area contributed by atoms with E-state index in [1.807, 2.05) is 37.3 Å². The number of urea groups is 1. The van der Waals surface area contributed by atoms with E-state index in [-0.39, 0.29) is 5.70 Å². The first-order chi connectivity index (χ1) is 16.0. The molecule has 0 spiro atoms. The number of ether oxygens (including phenoxy) is 2. The first kappa shape index (κ1) is 22.9. The third-order valence-corrected chi connectivity index (χ3v) is 5.80. The van der Waals surface area contributed by atoms with Crippen molar-refractivity contribution in [2.45, 2.75) is 13.5 Å². The Kier molecular flexibility index (Phi) is 7.01. The number of hydrogen-bond donors (Lipinski definition) is 1. The highest BCUT2D eigenvalue weighted by molar-refractivity contribution is 9.10. The van der Waals surface area contributed by atoms with Gasteiger partial charge < -0.3 is 14.8 Å². The van der Waals surface area contributed by atoms with Gasteiger partial charge in [0, 0.05) is 9.50 Å². The zero-order chi connectivity index (χ0) is 23.4. The predicted octanol–water partition coefficient (Wildman–Crippen LogP) is 6.18. The minimum absolute atomic E-state index is 0.149. The zero-order valence-electron chi connectivity index (χ0n) is 17.7. The summed E-state index contributed by atoms with van der Waals surface area (Å²) >= 11 is 9.45. The maximum absolute atomic E-state index is 12.9. The summed E-state index contributed by atoms with van der Waals surface area (Å²) in [5.41, 5.74) is 2.27. The van der Waals surface area contributed by atoms with Gasteiger partial charge in [-0.25, -0.2) is 9.69 Å². The lowest BCUT2D eigenvalue weighted by molar-refractivity contribution is -0.113. The van der Waals surface area contributed by atoms with Gasteiger partial charge in [-0.15, -0.1) is 0 Å². The van der Waals surface area contributed by atoms with Crippen molar-refractivity contribution in [1.29, 1.82) is 0 Å². The van der Waals surface area contributed by atoms with Crippen LogP contribution in [-0.2, 0) is 11.4 Å². The van der Waals surface area contributed by atoms with Crippen LogP contribution in [0.5, 0.6) is 11.5 Å². The molecule has 0 unspecified atom stereocenters. The first-order valence-corrected chi connectivity index (χ1v) is 11.4. The van der Waals surface area contributed by atoms with E-state index in [9.17, 15) is 9.59 Å². The first-order valence-electron chi connectivity index (χ1n) is 10.2. The zero-order valence-corrected chi connectivity index (χ0v) is 20.0. The van der Waals surface area contributed by atoms with Crippen molar-refractivity contribution in [3.8, 4) is 11.5 Å². The lowest BCUT2D eigenvalue weighted by Gasteiger charge is -2.14. The molecule has 3 aromatic rings. The predicted molar refractivity (Wildman–Crippen MR) is 132 cm³/mol. The molecule has 0 aliphatic carbocycles. The molecule has 3 amide bonds. The maximum atomic E-state index is 12.9. The van der Waals surface area contributed by atoms with Gasteiger partial charge in [-0.05, 0) is 60.5 Å².